The van der Waals surface area contributed by atoms with E-state index in [1.807, 2.05) is 0 Å². The van der Waals surface area contributed by atoms with Gasteiger partial charge in [-0.05, 0) is 114 Å². The van der Waals surface area contributed by atoms with E-state index in [2.05, 4.69) is 91.3 Å². The van der Waals surface area contributed by atoms with Crippen LogP contribution in [0, 0.1) is 0 Å². The van der Waals surface area contributed by atoms with Crippen LogP contribution in [0.5, 0.6) is 11.5 Å². The van der Waals surface area contributed by atoms with Crippen molar-refractivity contribution in [3.8, 4) is 11.5 Å². The second kappa shape index (κ2) is 38.5. The molecule has 0 spiro atoms. The number of benzene rings is 1. The summed E-state index contributed by atoms with van der Waals surface area (Å²) in [6.45, 7) is 28.3. The van der Waals surface area contributed by atoms with Gasteiger partial charge in [-0.2, -0.15) is 0 Å². The Hall–Kier alpha value is -0.392. The first kappa shape index (κ1) is 61.6. The van der Waals surface area contributed by atoms with Gasteiger partial charge in [0.1, 0.15) is 11.5 Å². The minimum absolute atomic E-state index is 0.785. The summed E-state index contributed by atoms with van der Waals surface area (Å²) >= 11 is 0. The molecule has 0 amide bonds. The molecule has 0 aliphatic carbocycles. The molecule has 0 heterocycles. The van der Waals surface area contributed by atoms with E-state index in [4.69, 9.17) is 17.7 Å². The predicted molar refractivity (Wildman–Crippen MR) is 297 cm³/mol. The van der Waals surface area contributed by atoms with Crippen LogP contribution in [0.4, 0.5) is 0 Å². The fraction of sp³-hybridized carbons (Fsp3) is 0.893. The van der Waals surface area contributed by atoms with Gasteiger partial charge >= 0.3 is 0 Å². The zero-order valence-corrected chi connectivity index (χ0v) is 49.4. The Kier molecular flexibility index (Phi) is 37.0. The molecule has 0 saturated heterocycles. The van der Waals surface area contributed by atoms with Crippen molar-refractivity contribution >= 4 is 33.3 Å². The molecule has 1 aromatic rings. The van der Waals surface area contributed by atoms with Gasteiger partial charge in [-0.15, -0.1) is 0 Å². The smallest absolute Gasteiger partial charge is 0.173 e. The van der Waals surface area contributed by atoms with Crippen molar-refractivity contribution in [2.75, 3.05) is 13.2 Å². The number of hydrogen-bond donors (Lipinski definition) is 0. The van der Waals surface area contributed by atoms with E-state index in [1.54, 1.807) is 0 Å². The van der Waals surface area contributed by atoms with E-state index in [0.717, 1.165) is 44.0 Å². The van der Waals surface area contributed by atoms with Gasteiger partial charge in [0.05, 0.1) is 13.2 Å². The predicted octanol–water partition coefficient (Wildman–Crippen LogP) is 20.4. The van der Waals surface area contributed by atoms with Crippen molar-refractivity contribution in [2.24, 2.45) is 0 Å². The number of rotatable bonds is 47. The second-order valence-corrected chi connectivity index (χ2v) is 40.4. The van der Waals surface area contributed by atoms with Crippen LogP contribution in [0.25, 0.3) is 0 Å². The SMILES string of the molecule is CCCCCCCCCCCC[Si](C)(C)O[Si](C)(C)CCCCCCOc1ccc(CCCCCC)c(OCCCCCC[Si](C)(C)O[Si](C)(C)CCCCCCCCCCCC)c1. The summed E-state index contributed by atoms with van der Waals surface area (Å²) in [7, 11) is -6.40. The first-order valence-electron chi connectivity index (χ1n) is 28.4. The molecule has 0 radical (unpaired) electrons. The van der Waals surface area contributed by atoms with Crippen molar-refractivity contribution in [2.45, 2.75) is 309 Å². The lowest BCUT2D eigenvalue weighted by Gasteiger charge is -2.34. The van der Waals surface area contributed by atoms with Crippen LogP contribution in [0.3, 0.4) is 0 Å². The minimum Gasteiger partial charge on any atom is -0.493 e. The lowest BCUT2D eigenvalue weighted by Crippen LogP contribution is -2.44. The first-order chi connectivity index (χ1) is 30.6. The maximum absolute atomic E-state index is 7.01. The highest BCUT2D eigenvalue weighted by Gasteiger charge is 2.33. The molecular formula is C56H114O4Si4. The monoisotopic (exact) mass is 963 g/mol. The highest BCUT2D eigenvalue weighted by molar-refractivity contribution is 6.85. The number of ether oxygens (including phenoxy) is 2. The maximum atomic E-state index is 7.01. The molecule has 1 rings (SSSR count). The minimum atomic E-state index is -1.62. The Morgan fingerprint density at radius 2 is 0.625 bits per heavy atom. The highest BCUT2D eigenvalue weighted by Crippen LogP contribution is 2.30. The Balaban J connectivity index is 2.36. The molecule has 378 valence electrons. The molecule has 0 atom stereocenters. The molecule has 64 heavy (non-hydrogen) atoms. The van der Waals surface area contributed by atoms with Crippen LogP contribution in [0.2, 0.25) is 76.6 Å². The lowest BCUT2D eigenvalue weighted by atomic mass is 10.0. The van der Waals surface area contributed by atoms with Crippen LogP contribution in [0.1, 0.15) is 232 Å². The summed E-state index contributed by atoms with van der Waals surface area (Å²) in [5.41, 5.74) is 1.35. The third-order valence-corrected chi connectivity index (χ3v) is 28.7. The number of unbranched alkanes of at least 4 members (excludes halogenated alkanes) is 27. The maximum Gasteiger partial charge on any atom is 0.173 e. The van der Waals surface area contributed by atoms with Gasteiger partial charge in [-0.3, -0.25) is 0 Å². The van der Waals surface area contributed by atoms with Crippen LogP contribution in [0.15, 0.2) is 18.2 Å². The van der Waals surface area contributed by atoms with E-state index in [0.29, 0.717) is 0 Å². The van der Waals surface area contributed by atoms with Gasteiger partial charge in [0, 0.05) is 6.07 Å². The van der Waals surface area contributed by atoms with E-state index in [-0.39, 0.29) is 0 Å². The molecule has 1 aromatic carbocycles. The van der Waals surface area contributed by atoms with Crippen LogP contribution >= 0.6 is 0 Å². The molecule has 8 heteroatoms. The molecule has 0 N–H and O–H groups in total. The second-order valence-electron chi connectivity index (χ2n) is 22.7. The standard InChI is InChI=1S/C56H114O4Si4/c1-12-15-18-21-23-25-27-29-33-40-49-61(4,5)59-63(8,9)51-42-35-31-38-47-57-55-46-45-54(44-37-20-17-14-3)56(53-55)58-48-39-32-36-43-52-64(10,11)60-62(6,7)50-41-34-30-28-26-24-22-19-16-13-2/h45-46,53H,12-44,47-52H2,1-11H3. The van der Waals surface area contributed by atoms with E-state index in [9.17, 15) is 0 Å². The van der Waals surface area contributed by atoms with Crippen molar-refractivity contribution in [1.29, 1.82) is 0 Å². The van der Waals surface area contributed by atoms with E-state index >= 15 is 0 Å². The Labute approximate surface area is 406 Å². The van der Waals surface area contributed by atoms with Crippen molar-refractivity contribution in [3.63, 3.8) is 0 Å². The van der Waals surface area contributed by atoms with Crippen LogP contribution < -0.4 is 9.47 Å². The zero-order chi connectivity index (χ0) is 47.3. The fourth-order valence-corrected chi connectivity index (χ4v) is 27.9. The summed E-state index contributed by atoms with van der Waals surface area (Å²) in [6, 6.07) is 11.9. The molecule has 0 saturated carbocycles. The first-order valence-corrected chi connectivity index (χ1v) is 40.9. The van der Waals surface area contributed by atoms with Gasteiger partial charge in [-0.1, -0.05) is 213 Å². The quantitative estimate of drug-likeness (QED) is 0.0482. The number of hydrogen-bond acceptors (Lipinski definition) is 4. The third kappa shape index (κ3) is 36.6. The summed E-state index contributed by atoms with van der Waals surface area (Å²) in [5.74, 6) is 2.02. The van der Waals surface area contributed by atoms with E-state index in [1.165, 1.54) is 222 Å². The molecule has 0 aliphatic heterocycles. The van der Waals surface area contributed by atoms with Gasteiger partial charge in [0.2, 0.25) is 0 Å². The van der Waals surface area contributed by atoms with Gasteiger partial charge in [-0.25, -0.2) is 0 Å². The van der Waals surface area contributed by atoms with Gasteiger partial charge in [0.25, 0.3) is 0 Å². The van der Waals surface area contributed by atoms with E-state index < -0.39 is 33.3 Å². The van der Waals surface area contributed by atoms with Crippen molar-refractivity contribution < 1.29 is 17.7 Å². The zero-order valence-electron chi connectivity index (χ0n) is 45.4. The van der Waals surface area contributed by atoms with Crippen LogP contribution in [-0.4, -0.2) is 46.5 Å². The van der Waals surface area contributed by atoms with Crippen molar-refractivity contribution in [1.82, 2.24) is 0 Å². The average molecular weight is 964 g/mol. The molecule has 0 unspecified atom stereocenters. The topological polar surface area (TPSA) is 36.9 Å². The fourth-order valence-electron chi connectivity index (χ4n) is 9.87. The highest BCUT2D eigenvalue weighted by atomic mass is 28.4. The van der Waals surface area contributed by atoms with Crippen molar-refractivity contribution in [3.05, 3.63) is 23.8 Å². The Morgan fingerprint density at radius 3 is 0.984 bits per heavy atom. The summed E-state index contributed by atoms with van der Waals surface area (Å²) in [6.07, 6.45) is 44.3. The summed E-state index contributed by atoms with van der Waals surface area (Å²) in [5, 5.41) is 0. The lowest BCUT2D eigenvalue weighted by molar-refractivity contribution is 0.288. The third-order valence-electron chi connectivity index (χ3n) is 13.6. The summed E-state index contributed by atoms with van der Waals surface area (Å²) < 4.78 is 26.9. The molecule has 0 aliphatic rings. The van der Waals surface area contributed by atoms with Crippen LogP contribution in [-0.2, 0) is 14.7 Å². The van der Waals surface area contributed by atoms with Gasteiger partial charge in [0.15, 0.2) is 33.3 Å². The molecule has 0 fully saturated rings. The molecule has 0 bridgehead atoms. The largest absolute Gasteiger partial charge is 0.493 e. The molecule has 4 nitrogen and oxygen atoms in total. The molecule has 0 aromatic heterocycles. The Bertz CT molecular complexity index is 1210. The molecular weight excluding hydrogens is 849 g/mol. The summed E-state index contributed by atoms with van der Waals surface area (Å²) in [4.78, 5) is 0. The average Bonchev–Trinajstić information content (AvgIpc) is 3.22. The normalized spacial score (nSPS) is 12.7. The number of aryl methyl sites for hydroxylation is 1. The van der Waals surface area contributed by atoms with Gasteiger partial charge < -0.3 is 17.7 Å². The Morgan fingerprint density at radius 1 is 0.328 bits per heavy atom.